The van der Waals surface area contributed by atoms with Gasteiger partial charge in [0.1, 0.15) is 0 Å². The summed E-state index contributed by atoms with van der Waals surface area (Å²) in [4.78, 5) is 0. The molecule has 1 aromatic carbocycles. The van der Waals surface area contributed by atoms with E-state index >= 15 is 0 Å². The Labute approximate surface area is 105 Å². The van der Waals surface area contributed by atoms with Crippen LogP contribution in [0, 0.1) is 0 Å². The fraction of sp³-hybridized carbons (Fsp3) is 0.333. The van der Waals surface area contributed by atoms with Gasteiger partial charge in [0.2, 0.25) is 0 Å². The minimum Gasteiger partial charge on any atom is -0.327 e. The first-order valence-electron chi connectivity index (χ1n) is 5.22. The van der Waals surface area contributed by atoms with Crippen LogP contribution in [0.4, 0.5) is 26.3 Å². The van der Waals surface area contributed by atoms with E-state index in [-0.39, 0.29) is 23.7 Å². The number of nitrogens with two attached hydrogens (primary N) is 1. The second-order valence-corrected chi connectivity index (χ2v) is 3.92. The number of benzene rings is 1. The largest absolute Gasteiger partial charge is 0.416 e. The Kier molecular flexibility index (Phi) is 4.29. The van der Waals surface area contributed by atoms with Gasteiger partial charge < -0.3 is 5.73 Å². The van der Waals surface area contributed by atoms with E-state index in [0.29, 0.717) is 12.1 Å². The zero-order valence-corrected chi connectivity index (χ0v) is 9.86. The van der Waals surface area contributed by atoms with Crippen LogP contribution < -0.4 is 5.73 Å². The molecule has 0 atom stereocenters. The monoisotopic (exact) mass is 283 g/mol. The standard InChI is InChI=1S/C12H11F6N/c1-7(2-3-19)8-4-9(11(13,14)15)6-10(5-8)12(16,17)18/h2,4-6H,3,19H2,1H3. The molecule has 1 aromatic rings. The van der Waals surface area contributed by atoms with Gasteiger partial charge in [0.25, 0.3) is 0 Å². The molecule has 1 rings (SSSR count). The third-order valence-electron chi connectivity index (χ3n) is 2.47. The molecule has 0 spiro atoms. The summed E-state index contributed by atoms with van der Waals surface area (Å²) < 4.78 is 75.4. The first kappa shape index (κ1) is 15.6. The van der Waals surface area contributed by atoms with Crippen molar-refractivity contribution in [1.29, 1.82) is 0 Å². The first-order chi connectivity index (χ1) is 8.55. The predicted molar refractivity (Wildman–Crippen MR) is 59.2 cm³/mol. The maximum absolute atomic E-state index is 12.6. The molecule has 0 aliphatic rings. The van der Waals surface area contributed by atoms with E-state index in [2.05, 4.69) is 0 Å². The maximum Gasteiger partial charge on any atom is 0.416 e. The molecule has 0 saturated carbocycles. The highest BCUT2D eigenvalue weighted by atomic mass is 19.4. The maximum atomic E-state index is 12.6. The topological polar surface area (TPSA) is 26.0 Å². The van der Waals surface area contributed by atoms with E-state index in [1.54, 1.807) is 0 Å². The van der Waals surface area contributed by atoms with Gasteiger partial charge in [0.15, 0.2) is 0 Å². The molecule has 0 fully saturated rings. The number of allylic oxidation sites excluding steroid dienone is 1. The van der Waals surface area contributed by atoms with Gasteiger partial charge in [0, 0.05) is 6.54 Å². The van der Waals surface area contributed by atoms with E-state index in [1.807, 2.05) is 0 Å². The Bertz CT molecular complexity index is 452. The van der Waals surface area contributed by atoms with Crippen molar-refractivity contribution in [2.75, 3.05) is 6.54 Å². The van der Waals surface area contributed by atoms with E-state index in [4.69, 9.17) is 5.73 Å². The highest BCUT2D eigenvalue weighted by Crippen LogP contribution is 2.37. The Morgan fingerprint density at radius 1 is 1.00 bits per heavy atom. The summed E-state index contributed by atoms with van der Waals surface area (Å²) >= 11 is 0. The Balaban J connectivity index is 3.46. The highest BCUT2D eigenvalue weighted by Gasteiger charge is 2.36. The first-order valence-corrected chi connectivity index (χ1v) is 5.22. The fourth-order valence-electron chi connectivity index (χ4n) is 1.48. The Morgan fingerprint density at radius 2 is 1.42 bits per heavy atom. The van der Waals surface area contributed by atoms with Crippen LogP contribution in [0.25, 0.3) is 5.57 Å². The highest BCUT2D eigenvalue weighted by molar-refractivity contribution is 5.65. The van der Waals surface area contributed by atoms with Gasteiger partial charge in [-0.3, -0.25) is 0 Å². The number of hydrogen-bond acceptors (Lipinski definition) is 1. The molecule has 0 saturated heterocycles. The average Bonchev–Trinajstić information content (AvgIpc) is 2.26. The summed E-state index contributed by atoms with van der Waals surface area (Å²) in [5, 5.41) is 0. The lowest BCUT2D eigenvalue weighted by Crippen LogP contribution is -2.11. The summed E-state index contributed by atoms with van der Waals surface area (Å²) in [5.41, 5.74) is 2.65. The third-order valence-corrected chi connectivity index (χ3v) is 2.47. The normalized spacial score (nSPS) is 13.8. The lowest BCUT2D eigenvalue weighted by Gasteiger charge is -2.14. The molecule has 0 unspecified atom stereocenters. The molecule has 0 heterocycles. The zero-order valence-electron chi connectivity index (χ0n) is 9.86. The van der Waals surface area contributed by atoms with E-state index in [0.717, 1.165) is 0 Å². The molecule has 0 amide bonds. The quantitative estimate of drug-likeness (QED) is 0.813. The van der Waals surface area contributed by atoms with E-state index < -0.39 is 23.5 Å². The van der Waals surface area contributed by atoms with Gasteiger partial charge >= 0.3 is 12.4 Å². The Morgan fingerprint density at radius 3 is 1.74 bits per heavy atom. The van der Waals surface area contributed by atoms with Crippen LogP contribution in [0.15, 0.2) is 24.3 Å². The van der Waals surface area contributed by atoms with Crippen molar-refractivity contribution in [2.45, 2.75) is 19.3 Å². The lowest BCUT2D eigenvalue weighted by atomic mass is 10.00. The zero-order chi connectivity index (χ0) is 14.8. The number of rotatable bonds is 2. The number of hydrogen-bond donors (Lipinski definition) is 1. The van der Waals surface area contributed by atoms with Crippen molar-refractivity contribution in [3.8, 4) is 0 Å². The lowest BCUT2D eigenvalue weighted by molar-refractivity contribution is -0.143. The van der Waals surface area contributed by atoms with Crippen LogP contribution in [-0.2, 0) is 12.4 Å². The molecule has 0 aromatic heterocycles. The van der Waals surface area contributed by atoms with Gasteiger partial charge in [-0.1, -0.05) is 6.08 Å². The molecule has 0 bridgehead atoms. The van der Waals surface area contributed by atoms with Gasteiger partial charge in [-0.25, -0.2) is 0 Å². The van der Waals surface area contributed by atoms with Crippen molar-refractivity contribution in [1.82, 2.24) is 0 Å². The van der Waals surface area contributed by atoms with Crippen LogP contribution in [0.1, 0.15) is 23.6 Å². The second-order valence-electron chi connectivity index (χ2n) is 3.92. The molecule has 1 nitrogen and oxygen atoms in total. The van der Waals surface area contributed by atoms with E-state index in [9.17, 15) is 26.3 Å². The molecule has 19 heavy (non-hydrogen) atoms. The molecule has 2 N–H and O–H groups in total. The Hall–Kier alpha value is -1.50. The number of halogens is 6. The summed E-state index contributed by atoms with van der Waals surface area (Å²) in [6.45, 7) is 1.44. The van der Waals surface area contributed by atoms with Gasteiger partial charge in [-0.05, 0) is 36.3 Å². The van der Waals surface area contributed by atoms with Crippen LogP contribution in [0.3, 0.4) is 0 Å². The van der Waals surface area contributed by atoms with Gasteiger partial charge in [-0.15, -0.1) is 0 Å². The van der Waals surface area contributed by atoms with Crippen LogP contribution in [0.5, 0.6) is 0 Å². The molecule has 0 aliphatic heterocycles. The molecule has 7 heteroatoms. The smallest absolute Gasteiger partial charge is 0.327 e. The predicted octanol–water partition coefficient (Wildman–Crippen LogP) is 4.09. The van der Waals surface area contributed by atoms with Crippen molar-refractivity contribution in [3.05, 3.63) is 41.0 Å². The van der Waals surface area contributed by atoms with E-state index in [1.165, 1.54) is 13.0 Å². The molecule has 0 aliphatic carbocycles. The third kappa shape index (κ3) is 3.99. The SMILES string of the molecule is CC(=CCN)c1cc(C(F)(F)F)cc(C(F)(F)F)c1. The van der Waals surface area contributed by atoms with Gasteiger partial charge in [-0.2, -0.15) is 26.3 Å². The van der Waals surface area contributed by atoms with Crippen LogP contribution in [0.2, 0.25) is 0 Å². The van der Waals surface area contributed by atoms with Crippen molar-refractivity contribution >= 4 is 5.57 Å². The van der Waals surface area contributed by atoms with Crippen molar-refractivity contribution in [2.24, 2.45) is 5.73 Å². The summed E-state index contributed by atoms with van der Waals surface area (Å²) in [7, 11) is 0. The molecular weight excluding hydrogens is 272 g/mol. The van der Waals surface area contributed by atoms with Crippen molar-refractivity contribution in [3.63, 3.8) is 0 Å². The minimum atomic E-state index is -4.83. The second kappa shape index (κ2) is 5.24. The van der Waals surface area contributed by atoms with Crippen molar-refractivity contribution < 1.29 is 26.3 Å². The summed E-state index contributed by atoms with van der Waals surface area (Å²) in [5.74, 6) is 0. The number of alkyl halides is 6. The van der Waals surface area contributed by atoms with Gasteiger partial charge in [0.05, 0.1) is 11.1 Å². The summed E-state index contributed by atoms with van der Waals surface area (Å²) in [6, 6.07) is 1.45. The average molecular weight is 283 g/mol. The van der Waals surface area contributed by atoms with Crippen LogP contribution in [-0.4, -0.2) is 6.54 Å². The minimum absolute atomic E-state index is 0.0312. The fourth-order valence-corrected chi connectivity index (χ4v) is 1.48. The molecular formula is C12H11F6N. The molecule has 106 valence electrons. The summed E-state index contributed by atoms with van der Waals surface area (Å²) in [6.07, 6.45) is -8.31. The molecule has 0 radical (unpaired) electrons. The van der Waals surface area contributed by atoms with Crippen LogP contribution >= 0.6 is 0 Å².